The van der Waals surface area contributed by atoms with Crippen LogP contribution in [-0.2, 0) is 17.8 Å². The number of aromatic nitrogens is 2. The van der Waals surface area contributed by atoms with Gasteiger partial charge in [0.2, 0.25) is 0 Å². The molecule has 1 heterocycles. The Kier molecular flexibility index (Phi) is 4.23. The third-order valence-corrected chi connectivity index (χ3v) is 7.99. The molecule has 1 aromatic heterocycles. The lowest BCUT2D eigenvalue weighted by Crippen LogP contribution is -2.42. The molecule has 1 aromatic carbocycles. The van der Waals surface area contributed by atoms with Gasteiger partial charge in [0.1, 0.15) is 5.75 Å². The van der Waals surface area contributed by atoms with Crippen LogP contribution in [-0.4, -0.2) is 20.7 Å². The van der Waals surface area contributed by atoms with Gasteiger partial charge in [0, 0.05) is 23.7 Å². The Morgan fingerprint density at radius 2 is 2.17 bits per heavy atom. The largest absolute Gasteiger partial charge is 0.508 e. The molecule has 29 heavy (non-hydrogen) atoms. The molecule has 4 heteroatoms. The number of hydrogen-bond acceptors (Lipinski definition) is 3. The fourth-order valence-electron chi connectivity index (χ4n) is 6.39. The van der Waals surface area contributed by atoms with E-state index in [0.717, 1.165) is 55.5 Å². The van der Waals surface area contributed by atoms with Crippen LogP contribution in [0.3, 0.4) is 0 Å². The molecule has 2 saturated carbocycles. The molecule has 4 unspecified atom stereocenters. The van der Waals surface area contributed by atoms with Crippen LogP contribution in [0.15, 0.2) is 30.0 Å². The maximum absolute atomic E-state index is 13.5. The number of rotatable bonds is 2. The monoisotopic (exact) mass is 390 g/mol. The van der Waals surface area contributed by atoms with Crippen molar-refractivity contribution in [3.63, 3.8) is 0 Å². The summed E-state index contributed by atoms with van der Waals surface area (Å²) in [6.07, 6.45) is 9.22. The highest BCUT2D eigenvalue weighted by Gasteiger charge is 2.56. The van der Waals surface area contributed by atoms with Crippen LogP contribution in [0.25, 0.3) is 6.08 Å². The molecule has 1 N–H and O–H groups in total. The van der Waals surface area contributed by atoms with Crippen LogP contribution in [0.5, 0.6) is 5.75 Å². The van der Waals surface area contributed by atoms with Gasteiger partial charge in [0.15, 0.2) is 5.78 Å². The number of nitrogens with zero attached hydrogens (tertiary/aromatic N) is 2. The average Bonchev–Trinajstić information content (AvgIpc) is 3.19. The van der Waals surface area contributed by atoms with Crippen molar-refractivity contribution >= 4 is 11.9 Å². The van der Waals surface area contributed by atoms with Gasteiger partial charge < -0.3 is 5.11 Å². The van der Waals surface area contributed by atoms with Crippen molar-refractivity contribution < 1.29 is 9.90 Å². The Labute approximate surface area is 172 Å². The molecule has 0 bridgehead atoms. The second-order valence-corrected chi connectivity index (χ2v) is 9.48. The van der Waals surface area contributed by atoms with Crippen LogP contribution in [0.4, 0.5) is 0 Å². The predicted molar refractivity (Wildman–Crippen MR) is 114 cm³/mol. The first-order chi connectivity index (χ1) is 13.9. The summed E-state index contributed by atoms with van der Waals surface area (Å²) in [6, 6.07) is 5.90. The molecule has 0 saturated heterocycles. The molecule has 0 radical (unpaired) electrons. The number of aryl methyl sites for hydroxylation is 3. The molecule has 3 aliphatic rings. The van der Waals surface area contributed by atoms with Crippen LogP contribution in [0, 0.1) is 24.2 Å². The van der Waals surface area contributed by atoms with Gasteiger partial charge in [0.25, 0.3) is 0 Å². The maximum atomic E-state index is 13.5. The average molecular weight is 391 g/mol. The van der Waals surface area contributed by atoms with E-state index in [-0.39, 0.29) is 5.41 Å². The summed E-state index contributed by atoms with van der Waals surface area (Å²) in [4.78, 5) is 13.5. The van der Waals surface area contributed by atoms with E-state index in [0.29, 0.717) is 29.3 Å². The number of carbonyl (C=O) groups excluding carboxylic acids is 1. The number of ketones is 1. The SMILES string of the molecule is CCn1cc(C=C2CC3C4CCc5cc(O)ccc5C4CCC3(C)C2=O)c(C)n1. The lowest BCUT2D eigenvalue weighted by atomic mass is 9.55. The zero-order valence-electron chi connectivity index (χ0n) is 17.6. The van der Waals surface area contributed by atoms with Gasteiger partial charge in [-0.25, -0.2) is 0 Å². The van der Waals surface area contributed by atoms with Crippen molar-refractivity contribution in [3.8, 4) is 5.75 Å². The lowest BCUT2D eigenvalue weighted by molar-refractivity contribution is -0.127. The van der Waals surface area contributed by atoms with E-state index in [1.165, 1.54) is 11.1 Å². The van der Waals surface area contributed by atoms with Crippen molar-refractivity contribution in [1.29, 1.82) is 0 Å². The van der Waals surface area contributed by atoms with Crippen LogP contribution >= 0.6 is 0 Å². The molecule has 0 aliphatic heterocycles. The van der Waals surface area contributed by atoms with E-state index in [9.17, 15) is 9.90 Å². The first kappa shape index (κ1) is 18.7. The van der Waals surface area contributed by atoms with E-state index in [2.05, 4.69) is 37.3 Å². The van der Waals surface area contributed by atoms with Crippen molar-refractivity contribution in [2.45, 2.75) is 65.3 Å². The molecule has 0 spiro atoms. The fourth-order valence-corrected chi connectivity index (χ4v) is 6.39. The zero-order valence-corrected chi connectivity index (χ0v) is 17.6. The Balaban J connectivity index is 1.49. The van der Waals surface area contributed by atoms with Crippen LogP contribution in [0.1, 0.15) is 67.8 Å². The lowest BCUT2D eigenvalue weighted by Gasteiger charge is -2.48. The first-order valence-corrected chi connectivity index (χ1v) is 11.0. The van der Waals surface area contributed by atoms with Crippen LogP contribution in [0.2, 0.25) is 0 Å². The van der Waals surface area contributed by atoms with Crippen molar-refractivity contribution in [2.75, 3.05) is 0 Å². The normalized spacial score (nSPS) is 32.2. The highest BCUT2D eigenvalue weighted by molar-refractivity contribution is 6.06. The first-order valence-electron chi connectivity index (χ1n) is 11.0. The predicted octanol–water partition coefficient (Wildman–Crippen LogP) is 5.04. The van der Waals surface area contributed by atoms with Gasteiger partial charge in [-0.15, -0.1) is 0 Å². The molecular formula is C25H30N2O2. The van der Waals surface area contributed by atoms with E-state index in [4.69, 9.17) is 0 Å². The summed E-state index contributed by atoms with van der Waals surface area (Å²) in [5.74, 6) is 2.23. The molecule has 152 valence electrons. The fraction of sp³-hybridized carbons (Fsp3) is 0.520. The van der Waals surface area contributed by atoms with Crippen molar-refractivity contribution in [2.24, 2.45) is 17.3 Å². The smallest absolute Gasteiger partial charge is 0.165 e. The minimum atomic E-state index is -0.226. The molecular weight excluding hydrogens is 360 g/mol. The molecule has 2 fully saturated rings. The Morgan fingerprint density at radius 1 is 1.34 bits per heavy atom. The number of phenolic OH excluding ortho intramolecular Hbond substituents is 1. The van der Waals surface area contributed by atoms with E-state index >= 15 is 0 Å². The highest BCUT2D eigenvalue weighted by Crippen LogP contribution is 2.60. The number of hydrogen-bond donors (Lipinski definition) is 1. The summed E-state index contributed by atoms with van der Waals surface area (Å²) in [7, 11) is 0. The Bertz CT molecular complexity index is 1020. The van der Waals surface area contributed by atoms with Gasteiger partial charge in [-0.3, -0.25) is 9.48 Å². The number of carbonyl (C=O) groups is 1. The Morgan fingerprint density at radius 3 is 2.93 bits per heavy atom. The summed E-state index contributed by atoms with van der Waals surface area (Å²) in [6.45, 7) is 7.17. The van der Waals surface area contributed by atoms with Crippen molar-refractivity contribution in [1.82, 2.24) is 9.78 Å². The third kappa shape index (κ3) is 2.79. The number of Topliss-reactive ketones (excluding diaryl/α,β-unsaturated/α-hetero) is 1. The van der Waals surface area contributed by atoms with Gasteiger partial charge in [-0.1, -0.05) is 13.0 Å². The molecule has 4 atom stereocenters. The molecule has 3 aliphatic carbocycles. The number of allylic oxidation sites excluding steroid dienone is 1. The maximum Gasteiger partial charge on any atom is 0.165 e. The van der Waals surface area contributed by atoms with E-state index < -0.39 is 0 Å². The Hall–Kier alpha value is -2.36. The molecule has 0 amide bonds. The quantitative estimate of drug-likeness (QED) is 0.731. The van der Waals surface area contributed by atoms with Gasteiger partial charge in [0.05, 0.1) is 5.69 Å². The summed E-state index contributed by atoms with van der Waals surface area (Å²) >= 11 is 0. The minimum absolute atomic E-state index is 0.226. The number of fused-ring (bicyclic) bond motifs is 5. The molecule has 2 aromatic rings. The van der Waals surface area contributed by atoms with E-state index in [1.54, 1.807) is 0 Å². The minimum Gasteiger partial charge on any atom is -0.508 e. The second kappa shape index (κ2) is 6.58. The van der Waals surface area contributed by atoms with Gasteiger partial charge in [-0.05, 0) is 98.6 Å². The standard InChI is InChI=1S/C25H30N2O2/c1-4-27-14-18(15(2)26-27)11-17-13-23-22-7-5-16-12-19(28)6-8-20(16)21(22)9-10-25(23,3)24(17)29/h6,8,11-12,14,21-23,28H,4-5,7,9-10,13H2,1-3H3. The summed E-state index contributed by atoms with van der Waals surface area (Å²) < 4.78 is 1.94. The molecule has 5 rings (SSSR count). The van der Waals surface area contributed by atoms with E-state index in [1.807, 2.05) is 23.7 Å². The number of phenols is 1. The van der Waals surface area contributed by atoms with Crippen molar-refractivity contribution in [3.05, 3.63) is 52.4 Å². The zero-order chi connectivity index (χ0) is 20.3. The topological polar surface area (TPSA) is 55.1 Å². The van der Waals surface area contributed by atoms with Crippen LogP contribution < -0.4 is 0 Å². The van der Waals surface area contributed by atoms with Gasteiger partial charge in [-0.2, -0.15) is 5.10 Å². The van der Waals surface area contributed by atoms with Gasteiger partial charge >= 0.3 is 0 Å². The molecule has 4 nitrogen and oxygen atoms in total. The third-order valence-electron chi connectivity index (χ3n) is 7.99. The summed E-state index contributed by atoms with van der Waals surface area (Å²) in [5, 5.41) is 14.4. The number of benzene rings is 1. The second-order valence-electron chi connectivity index (χ2n) is 9.48. The number of aromatic hydroxyl groups is 1. The highest BCUT2D eigenvalue weighted by atomic mass is 16.3. The summed E-state index contributed by atoms with van der Waals surface area (Å²) in [5.41, 5.74) is 5.56.